The van der Waals surface area contributed by atoms with E-state index in [9.17, 15) is 9.59 Å². The van der Waals surface area contributed by atoms with E-state index in [-0.39, 0.29) is 17.8 Å². The summed E-state index contributed by atoms with van der Waals surface area (Å²) in [6, 6.07) is 0.296. The molecule has 2 saturated carbocycles. The molecule has 0 aromatic carbocycles. The van der Waals surface area contributed by atoms with E-state index in [0.717, 1.165) is 37.8 Å². The molecule has 3 aliphatic rings. The quantitative estimate of drug-likeness (QED) is 0.756. The van der Waals surface area contributed by atoms with Gasteiger partial charge in [0.1, 0.15) is 0 Å². The van der Waals surface area contributed by atoms with Crippen LogP contribution in [0.5, 0.6) is 0 Å². The summed E-state index contributed by atoms with van der Waals surface area (Å²) in [6.07, 6.45) is 7.04. The average molecular weight is 336 g/mol. The van der Waals surface area contributed by atoms with Gasteiger partial charge in [-0.25, -0.2) is 0 Å². The Bertz CT molecular complexity index is 460. The Kier molecular flexibility index (Phi) is 5.80. The van der Waals surface area contributed by atoms with E-state index in [2.05, 4.69) is 17.1 Å². The van der Waals surface area contributed by atoms with Crippen molar-refractivity contribution < 1.29 is 14.3 Å². The number of nitrogens with one attached hydrogen (secondary N) is 1. The van der Waals surface area contributed by atoms with E-state index in [1.807, 2.05) is 6.92 Å². The Morgan fingerprint density at radius 3 is 2.50 bits per heavy atom. The van der Waals surface area contributed by atoms with Crippen LogP contribution in [0, 0.1) is 23.7 Å². The van der Waals surface area contributed by atoms with Crippen molar-refractivity contribution in [3.63, 3.8) is 0 Å². The SMILES string of the molecule is CCOC(=O)C1CCN(CC(=O)NC(C)C2CC3CCC2C3)CC1. The zero-order valence-corrected chi connectivity index (χ0v) is 15.1. The molecule has 5 heteroatoms. The lowest BCUT2D eigenvalue weighted by molar-refractivity contribution is -0.149. The summed E-state index contributed by atoms with van der Waals surface area (Å²) in [7, 11) is 0. The van der Waals surface area contributed by atoms with E-state index < -0.39 is 0 Å². The van der Waals surface area contributed by atoms with Crippen LogP contribution in [-0.4, -0.2) is 49.1 Å². The van der Waals surface area contributed by atoms with Crippen LogP contribution in [0.2, 0.25) is 0 Å². The van der Waals surface area contributed by atoms with E-state index in [1.165, 1.54) is 25.7 Å². The molecular weight excluding hydrogens is 304 g/mol. The van der Waals surface area contributed by atoms with Gasteiger partial charge in [-0.3, -0.25) is 14.5 Å². The number of likely N-dealkylation sites (tertiary alicyclic amines) is 1. The van der Waals surface area contributed by atoms with E-state index in [4.69, 9.17) is 4.74 Å². The maximum absolute atomic E-state index is 12.4. The number of carbonyl (C=O) groups excluding carboxylic acids is 2. The van der Waals surface area contributed by atoms with Gasteiger partial charge in [0.05, 0.1) is 19.1 Å². The van der Waals surface area contributed by atoms with Gasteiger partial charge < -0.3 is 10.1 Å². The van der Waals surface area contributed by atoms with Gasteiger partial charge in [-0.15, -0.1) is 0 Å². The third-order valence-electron chi connectivity index (χ3n) is 6.40. The van der Waals surface area contributed by atoms with Crippen molar-refractivity contribution >= 4 is 11.9 Å². The van der Waals surface area contributed by atoms with Crippen LogP contribution in [0.4, 0.5) is 0 Å². The van der Waals surface area contributed by atoms with E-state index >= 15 is 0 Å². The van der Waals surface area contributed by atoms with Gasteiger partial charge >= 0.3 is 5.97 Å². The Balaban J connectivity index is 1.37. The van der Waals surface area contributed by atoms with Gasteiger partial charge in [-0.1, -0.05) is 6.42 Å². The molecule has 4 unspecified atom stereocenters. The summed E-state index contributed by atoms with van der Waals surface area (Å²) < 4.78 is 5.09. The maximum atomic E-state index is 12.4. The predicted octanol–water partition coefficient (Wildman–Crippen LogP) is 2.20. The van der Waals surface area contributed by atoms with Crippen molar-refractivity contribution in [1.82, 2.24) is 10.2 Å². The van der Waals surface area contributed by atoms with Gasteiger partial charge in [0.25, 0.3) is 0 Å². The molecule has 5 nitrogen and oxygen atoms in total. The molecule has 1 amide bonds. The molecule has 0 spiro atoms. The first kappa shape index (κ1) is 17.7. The summed E-state index contributed by atoms with van der Waals surface area (Å²) in [4.78, 5) is 26.3. The molecule has 2 bridgehead atoms. The molecule has 0 aromatic heterocycles. The van der Waals surface area contributed by atoms with Crippen LogP contribution in [0.15, 0.2) is 0 Å². The number of fused-ring (bicyclic) bond motifs is 2. The standard InChI is InChI=1S/C19H32N2O3/c1-3-24-19(23)15-6-8-21(9-7-15)12-18(22)20-13(2)17-11-14-4-5-16(17)10-14/h13-17H,3-12H2,1-2H3,(H,20,22). The molecule has 0 radical (unpaired) electrons. The summed E-state index contributed by atoms with van der Waals surface area (Å²) in [5.74, 6) is 2.51. The molecule has 1 heterocycles. The highest BCUT2D eigenvalue weighted by Gasteiger charge is 2.42. The van der Waals surface area contributed by atoms with Crippen LogP contribution < -0.4 is 5.32 Å². The first-order chi connectivity index (χ1) is 11.6. The first-order valence-electron chi connectivity index (χ1n) is 9.75. The fourth-order valence-corrected chi connectivity index (χ4v) is 5.10. The number of nitrogens with zero attached hydrogens (tertiary/aromatic N) is 1. The summed E-state index contributed by atoms with van der Waals surface area (Å²) in [5, 5.41) is 3.24. The van der Waals surface area contributed by atoms with Gasteiger partial charge in [-0.05, 0) is 76.8 Å². The number of piperidine rings is 1. The van der Waals surface area contributed by atoms with Crippen molar-refractivity contribution in [2.24, 2.45) is 23.7 Å². The molecule has 2 aliphatic carbocycles. The first-order valence-corrected chi connectivity index (χ1v) is 9.75. The van der Waals surface area contributed by atoms with Crippen molar-refractivity contribution in [3.8, 4) is 0 Å². The van der Waals surface area contributed by atoms with Gasteiger partial charge in [0.2, 0.25) is 5.91 Å². The monoisotopic (exact) mass is 336 g/mol. The van der Waals surface area contributed by atoms with Crippen molar-refractivity contribution in [1.29, 1.82) is 0 Å². The number of esters is 1. The Hall–Kier alpha value is -1.10. The number of carbonyl (C=O) groups is 2. The molecule has 3 fully saturated rings. The third kappa shape index (κ3) is 4.11. The van der Waals surface area contributed by atoms with Crippen LogP contribution in [-0.2, 0) is 14.3 Å². The molecular formula is C19H32N2O3. The largest absolute Gasteiger partial charge is 0.466 e. The highest BCUT2D eigenvalue weighted by atomic mass is 16.5. The molecule has 24 heavy (non-hydrogen) atoms. The highest BCUT2D eigenvalue weighted by Crippen LogP contribution is 2.49. The van der Waals surface area contributed by atoms with Crippen molar-refractivity contribution in [3.05, 3.63) is 0 Å². The minimum atomic E-state index is -0.0773. The Labute approximate surface area is 145 Å². The number of amides is 1. The predicted molar refractivity (Wildman–Crippen MR) is 92.3 cm³/mol. The lowest BCUT2D eigenvalue weighted by Crippen LogP contribution is -2.47. The van der Waals surface area contributed by atoms with Gasteiger partial charge in [0, 0.05) is 6.04 Å². The van der Waals surface area contributed by atoms with Crippen molar-refractivity contribution in [2.45, 2.75) is 58.4 Å². The molecule has 4 atom stereocenters. The molecule has 1 N–H and O–H groups in total. The second-order valence-electron chi connectivity index (χ2n) is 8.00. The lowest BCUT2D eigenvalue weighted by Gasteiger charge is -2.32. The minimum absolute atomic E-state index is 0.0113. The number of hydrogen-bond acceptors (Lipinski definition) is 4. The molecule has 0 aromatic rings. The zero-order chi connectivity index (χ0) is 17.1. The number of rotatable bonds is 6. The van der Waals surface area contributed by atoms with E-state index in [0.29, 0.717) is 25.1 Å². The van der Waals surface area contributed by atoms with E-state index in [1.54, 1.807) is 0 Å². The second-order valence-corrected chi connectivity index (χ2v) is 8.00. The minimum Gasteiger partial charge on any atom is -0.466 e. The topological polar surface area (TPSA) is 58.6 Å². The second kappa shape index (κ2) is 7.85. The summed E-state index contributed by atoms with van der Waals surface area (Å²) in [5.41, 5.74) is 0. The number of hydrogen-bond donors (Lipinski definition) is 1. The smallest absolute Gasteiger partial charge is 0.309 e. The molecule has 1 aliphatic heterocycles. The summed E-state index contributed by atoms with van der Waals surface area (Å²) >= 11 is 0. The Morgan fingerprint density at radius 1 is 1.17 bits per heavy atom. The molecule has 1 saturated heterocycles. The van der Waals surface area contributed by atoms with Crippen LogP contribution in [0.3, 0.4) is 0 Å². The normalized spacial score (nSPS) is 31.8. The molecule has 3 rings (SSSR count). The average Bonchev–Trinajstić information content (AvgIpc) is 3.18. The third-order valence-corrected chi connectivity index (χ3v) is 6.40. The fraction of sp³-hybridized carbons (Fsp3) is 0.895. The highest BCUT2D eigenvalue weighted by molar-refractivity contribution is 5.78. The molecule has 136 valence electrons. The Morgan fingerprint density at radius 2 is 1.92 bits per heavy atom. The van der Waals surface area contributed by atoms with Crippen LogP contribution in [0.1, 0.15) is 52.4 Å². The number of ether oxygens (including phenoxy) is 1. The van der Waals surface area contributed by atoms with Crippen molar-refractivity contribution in [2.75, 3.05) is 26.2 Å². The van der Waals surface area contributed by atoms with Crippen LogP contribution in [0.25, 0.3) is 0 Å². The fourth-order valence-electron chi connectivity index (χ4n) is 5.10. The zero-order valence-electron chi connectivity index (χ0n) is 15.1. The van der Waals surface area contributed by atoms with Crippen LogP contribution >= 0.6 is 0 Å². The van der Waals surface area contributed by atoms with Gasteiger partial charge in [-0.2, -0.15) is 0 Å². The lowest BCUT2D eigenvalue weighted by atomic mass is 9.84. The summed E-state index contributed by atoms with van der Waals surface area (Å²) in [6.45, 7) is 6.53. The maximum Gasteiger partial charge on any atom is 0.309 e. The van der Waals surface area contributed by atoms with Gasteiger partial charge in [0.15, 0.2) is 0 Å².